The standard InChI is InChI=1S/C24H28ClN5O3Si/c1-5-26-22(31)13-20-24-29-28-15(2)30(24)21-11-10-18(33-14-34(3,4)32)12-19(21)23(27-20)16-6-8-17(25)9-7-16/h6-12,20,32H,5,13-14H2,1-4H3,(H,26,31)/t20-/m0/s1. The van der Waals surface area contributed by atoms with E-state index in [0.717, 1.165) is 16.8 Å². The number of benzene rings is 2. The first-order valence-electron chi connectivity index (χ1n) is 11.2. The van der Waals surface area contributed by atoms with E-state index in [1.165, 1.54) is 0 Å². The van der Waals surface area contributed by atoms with Gasteiger partial charge in [-0.25, -0.2) is 0 Å². The molecule has 2 aromatic carbocycles. The number of nitrogens with one attached hydrogen (secondary N) is 1. The number of nitrogens with zero attached hydrogens (tertiary/aromatic N) is 4. The van der Waals surface area contributed by atoms with Gasteiger partial charge in [0.2, 0.25) is 14.2 Å². The molecule has 1 atom stereocenters. The highest BCUT2D eigenvalue weighted by Gasteiger charge is 2.30. The molecule has 0 spiro atoms. The Balaban J connectivity index is 1.89. The monoisotopic (exact) mass is 497 g/mol. The van der Waals surface area contributed by atoms with Crippen LogP contribution in [0.5, 0.6) is 5.75 Å². The molecule has 1 aliphatic heterocycles. The number of carbonyl (C=O) groups is 1. The molecule has 0 aliphatic carbocycles. The van der Waals surface area contributed by atoms with Crippen LogP contribution in [0.4, 0.5) is 0 Å². The van der Waals surface area contributed by atoms with Crippen LogP contribution in [0.15, 0.2) is 47.5 Å². The summed E-state index contributed by atoms with van der Waals surface area (Å²) in [5.74, 6) is 1.82. The Hall–Kier alpha value is -3.01. The Morgan fingerprint density at radius 1 is 1.21 bits per heavy atom. The predicted molar refractivity (Wildman–Crippen MR) is 134 cm³/mol. The van der Waals surface area contributed by atoms with Crippen molar-refractivity contribution in [1.29, 1.82) is 0 Å². The first-order chi connectivity index (χ1) is 16.2. The number of hydrogen-bond donors (Lipinski definition) is 2. The van der Waals surface area contributed by atoms with Gasteiger partial charge >= 0.3 is 0 Å². The van der Waals surface area contributed by atoms with E-state index in [1.54, 1.807) is 0 Å². The summed E-state index contributed by atoms with van der Waals surface area (Å²) in [6.07, 6.45) is 0.417. The molecule has 8 nitrogen and oxygen atoms in total. The summed E-state index contributed by atoms with van der Waals surface area (Å²) in [4.78, 5) is 27.8. The van der Waals surface area contributed by atoms with Crippen LogP contribution in [-0.2, 0) is 4.79 Å². The molecule has 10 heteroatoms. The van der Waals surface area contributed by atoms with Gasteiger partial charge in [0.05, 0.1) is 17.8 Å². The molecular weight excluding hydrogens is 470 g/mol. The first kappa shape index (κ1) is 24.1. The lowest BCUT2D eigenvalue weighted by Crippen LogP contribution is -2.34. The minimum atomic E-state index is -2.40. The zero-order chi connectivity index (χ0) is 24.5. The highest BCUT2D eigenvalue weighted by molar-refractivity contribution is 6.69. The van der Waals surface area contributed by atoms with E-state index in [4.69, 9.17) is 21.3 Å². The third-order valence-electron chi connectivity index (χ3n) is 5.36. The number of halogens is 1. The molecular formula is C24H28ClN5O3Si. The second kappa shape index (κ2) is 9.69. The molecule has 0 bridgehead atoms. The van der Waals surface area contributed by atoms with Gasteiger partial charge in [-0.2, -0.15) is 0 Å². The van der Waals surface area contributed by atoms with Crippen LogP contribution in [0, 0.1) is 6.92 Å². The lowest BCUT2D eigenvalue weighted by Gasteiger charge is -2.18. The number of ether oxygens (including phenoxy) is 1. The van der Waals surface area contributed by atoms with E-state index in [2.05, 4.69) is 15.5 Å². The number of aryl methyl sites for hydroxylation is 1. The molecule has 0 saturated heterocycles. The smallest absolute Gasteiger partial charge is 0.222 e. The maximum absolute atomic E-state index is 12.5. The van der Waals surface area contributed by atoms with E-state index in [-0.39, 0.29) is 18.6 Å². The number of carbonyl (C=O) groups excluding carboxylic acids is 1. The van der Waals surface area contributed by atoms with Gasteiger partial charge in [-0.3, -0.25) is 14.4 Å². The van der Waals surface area contributed by atoms with Crippen molar-refractivity contribution in [2.45, 2.75) is 39.4 Å². The van der Waals surface area contributed by atoms with Crippen molar-refractivity contribution in [3.63, 3.8) is 0 Å². The van der Waals surface area contributed by atoms with Crippen LogP contribution >= 0.6 is 11.6 Å². The molecule has 2 heterocycles. The van der Waals surface area contributed by atoms with Gasteiger partial charge in [0, 0.05) is 22.7 Å². The predicted octanol–water partition coefficient (Wildman–Crippen LogP) is 3.76. The quantitative estimate of drug-likeness (QED) is 0.484. The van der Waals surface area contributed by atoms with Gasteiger partial charge in [0.1, 0.15) is 23.8 Å². The summed E-state index contributed by atoms with van der Waals surface area (Å²) in [5, 5.41) is 12.1. The minimum absolute atomic E-state index is 0.107. The van der Waals surface area contributed by atoms with Crippen molar-refractivity contribution in [3.8, 4) is 11.4 Å². The Morgan fingerprint density at radius 2 is 1.94 bits per heavy atom. The average molecular weight is 498 g/mol. The Kier molecular flexibility index (Phi) is 6.88. The maximum atomic E-state index is 12.5. The molecule has 1 aliphatic rings. The van der Waals surface area contributed by atoms with E-state index >= 15 is 0 Å². The van der Waals surface area contributed by atoms with Crippen LogP contribution < -0.4 is 10.1 Å². The Morgan fingerprint density at radius 3 is 2.62 bits per heavy atom. The molecule has 1 aromatic heterocycles. The molecule has 178 valence electrons. The summed E-state index contributed by atoms with van der Waals surface area (Å²) in [5.41, 5.74) is 3.23. The highest BCUT2D eigenvalue weighted by Crippen LogP contribution is 2.34. The molecule has 0 unspecified atom stereocenters. The second-order valence-corrected chi connectivity index (χ2v) is 13.2. The zero-order valence-electron chi connectivity index (χ0n) is 19.7. The zero-order valence-corrected chi connectivity index (χ0v) is 21.4. The average Bonchev–Trinajstić information content (AvgIpc) is 3.10. The summed E-state index contributed by atoms with van der Waals surface area (Å²) in [6.45, 7) is 7.96. The number of aliphatic imine (C=N–C) groups is 1. The van der Waals surface area contributed by atoms with Gasteiger partial charge in [-0.05, 0) is 57.3 Å². The van der Waals surface area contributed by atoms with Gasteiger partial charge in [-0.1, -0.05) is 23.7 Å². The normalized spacial score (nSPS) is 15.1. The van der Waals surface area contributed by atoms with Gasteiger partial charge < -0.3 is 14.8 Å². The number of aromatic nitrogens is 3. The molecule has 4 rings (SSSR count). The molecule has 34 heavy (non-hydrogen) atoms. The van der Waals surface area contributed by atoms with Crippen molar-refractivity contribution in [2.75, 3.05) is 12.8 Å². The van der Waals surface area contributed by atoms with Crippen molar-refractivity contribution in [1.82, 2.24) is 20.1 Å². The third-order valence-corrected chi connectivity index (χ3v) is 6.46. The fraction of sp³-hybridized carbons (Fsp3) is 0.333. The van der Waals surface area contributed by atoms with Crippen LogP contribution in [0.2, 0.25) is 18.1 Å². The van der Waals surface area contributed by atoms with Crippen LogP contribution in [0.1, 0.15) is 42.2 Å². The van der Waals surface area contributed by atoms with E-state index in [0.29, 0.717) is 34.7 Å². The minimum Gasteiger partial charge on any atom is -0.494 e. The van der Waals surface area contributed by atoms with Crippen molar-refractivity contribution in [2.24, 2.45) is 4.99 Å². The lowest BCUT2D eigenvalue weighted by molar-refractivity contribution is -0.121. The highest BCUT2D eigenvalue weighted by atomic mass is 35.5. The number of hydrogen-bond acceptors (Lipinski definition) is 6. The van der Waals surface area contributed by atoms with Gasteiger partial charge in [0.15, 0.2) is 5.82 Å². The fourth-order valence-corrected chi connectivity index (χ4v) is 4.49. The van der Waals surface area contributed by atoms with Gasteiger partial charge in [0.25, 0.3) is 0 Å². The lowest BCUT2D eigenvalue weighted by atomic mass is 10.00. The van der Waals surface area contributed by atoms with Crippen LogP contribution in [-0.4, -0.2) is 52.3 Å². The summed E-state index contributed by atoms with van der Waals surface area (Å²) in [6, 6.07) is 12.6. The van der Waals surface area contributed by atoms with Crippen molar-refractivity contribution < 1.29 is 14.3 Å². The molecule has 2 N–H and O–H groups in total. The number of fused-ring (bicyclic) bond motifs is 3. The molecule has 3 aromatic rings. The summed E-state index contributed by atoms with van der Waals surface area (Å²) in [7, 11) is -2.40. The molecule has 0 fully saturated rings. The largest absolute Gasteiger partial charge is 0.494 e. The van der Waals surface area contributed by atoms with Crippen LogP contribution in [0.25, 0.3) is 5.69 Å². The van der Waals surface area contributed by atoms with E-state index in [9.17, 15) is 9.59 Å². The first-order valence-corrected chi connectivity index (χ1v) is 14.7. The summed E-state index contributed by atoms with van der Waals surface area (Å²) < 4.78 is 7.88. The second-order valence-electron chi connectivity index (χ2n) is 8.88. The summed E-state index contributed by atoms with van der Waals surface area (Å²) >= 11 is 6.15. The Labute approximate surface area is 204 Å². The van der Waals surface area contributed by atoms with E-state index in [1.807, 2.05) is 74.0 Å². The fourth-order valence-electron chi connectivity index (χ4n) is 3.84. The maximum Gasteiger partial charge on any atom is 0.222 e. The number of amides is 1. The van der Waals surface area contributed by atoms with Crippen LogP contribution in [0.3, 0.4) is 0 Å². The SMILES string of the molecule is CCNC(=O)C[C@@H]1N=C(c2ccc(Cl)cc2)c2cc(OC[Si](C)(C)O)ccc2-n2c(C)nnc21. The third kappa shape index (κ3) is 5.21. The molecule has 1 amide bonds. The number of rotatable bonds is 7. The Bertz CT molecular complexity index is 1230. The molecule has 0 radical (unpaired) electrons. The van der Waals surface area contributed by atoms with E-state index < -0.39 is 14.4 Å². The topological polar surface area (TPSA) is 102 Å². The van der Waals surface area contributed by atoms with Crippen molar-refractivity contribution in [3.05, 3.63) is 70.3 Å². The van der Waals surface area contributed by atoms with Gasteiger partial charge in [-0.15, -0.1) is 10.2 Å². The van der Waals surface area contributed by atoms with Crippen molar-refractivity contribution >= 4 is 31.5 Å². The molecule has 0 saturated carbocycles.